The highest BCUT2D eigenvalue weighted by atomic mass is 16.6. The third kappa shape index (κ3) is 2.14. The van der Waals surface area contributed by atoms with Gasteiger partial charge in [0.05, 0.1) is 6.10 Å². The minimum absolute atomic E-state index is 0.177. The molecule has 0 spiro atoms. The van der Waals surface area contributed by atoms with Gasteiger partial charge in [0.15, 0.2) is 0 Å². The predicted molar refractivity (Wildman–Crippen MR) is 71.7 cm³/mol. The molecule has 1 aliphatic carbocycles. The Balaban J connectivity index is 1.82. The van der Waals surface area contributed by atoms with Crippen LogP contribution in [-0.2, 0) is 4.74 Å². The van der Waals surface area contributed by atoms with Gasteiger partial charge >= 0.3 is 6.09 Å². The van der Waals surface area contributed by atoms with Crippen molar-refractivity contribution in [2.24, 2.45) is 11.8 Å². The van der Waals surface area contributed by atoms with Gasteiger partial charge in [-0.25, -0.2) is 4.79 Å². The number of amides is 1. The zero-order chi connectivity index (χ0) is 13.8. The standard InChI is InChI=1S/C15H25NO3/c1-15(2,3)19-14(18)16-11-7-8-12(16)10-6-4-5-9(11)13(10)17/h9-13,17H,4-8H2,1-3H3/t9-,10+,11-,12+,13?. The Labute approximate surface area is 115 Å². The van der Waals surface area contributed by atoms with Crippen molar-refractivity contribution in [1.29, 1.82) is 0 Å². The highest BCUT2D eigenvalue weighted by Crippen LogP contribution is 2.49. The van der Waals surface area contributed by atoms with Crippen molar-refractivity contribution in [2.45, 2.75) is 76.7 Å². The summed E-state index contributed by atoms with van der Waals surface area (Å²) in [6.45, 7) is 5.73. The fourth-order valence-electron chi connectivity index (χ4n) is 4.38. The Morgan fingerprint density at radius 2 is 1.63 bits per heavy atom. The topological polar surface area (TPSA) is 49.8 Å². The average molecular weight is 267 g/mol. The molecular formula is C15H25NO3. The van der Waals surface area contributed by atoms with Crippen LogP contribution in [-0.4, -0.2) is 39.9 Å². The van der Waals surface area contributed by atoms with Crippen molar-refractivity contribution in [1.82, 2.24) is 4.90 Å². The minimum atomic E-state index is -0.443. The molecule has 108 valence electrons. The number of fused-ring (bicyclic) bond motifs is 6. The molecule has 0 aromatic carbocycles. The monoisotopic (exact) mass is 267 g/mol. The summed E-state index contributed by atoms with van der Waals surface area (Å²) in [4.78, 5) is 14.4. The molecule has 3 rings (SSSR count). The van der Waals surface area contributed by atoms with Crippen molar-refractivity contribution in [3.8, 4) is 0 Å². The zero-order valence-electron chi connectivity index (χ0n) is 12.1. The number of hydrogen-bond acceptors (Lipinski definition) is 3. The van der Waals surface area contributed by atoms with Crippen LogP contribution in [0, 0.1) is 11.8 Å². The quantitative estimate of drug-likeness (QED) is 0.734. The van der Waals surface area contributed by atoms with Gasteiger partial charge in [-0.2, -0.15) is 0 Å². The fraction of sp³-hybridized carbons (Fsp3) is 0.933. The lowest BCUT2D eigenvalue weighted by atomic mass is 9.71. The molecule has 0 aromatic rings. The van der Waals surface area contributed by atoms with Crippen LogP contribution in [0.3, 0.4) is 0 Å². The third-order valence-electron chi connectivity index (χ3n) is 5.02. The lowest BCUT2D eigenvalue weighted by molar-refractivity contribution is -0.0909. The largest absolute Gasteiger partial charge is 0.444 e. The molecule has 2 saturated heterocycles. The number of aliphatic hydroxyl groups excluding tert-OH is 1. The summed E-state index contributed by atoms with van der Waals surface area (Å²) in [6, 6.07) is 0.401. The van der Waals surface area contributed by atoms with Crippen LogP contribution in [0.5, 0.6) is 0 Å². The van der Waals surface area contributed by atoms with Crippen molar-refractivity contribution in [3.05, 3.63) is 0 Å². The van der Waals surface area contributed by atoms with E-state index >= 15 is 0 Å². The Morgan fingerprint density at radius 3 is 2.11 bits per heavy atom. The first-order chi connectivity index (χ1) is 8.88. The molecule has 2 aliphatic heterocycles. The normalized spacial score (nSPS) is 41.3. The summed E-state index contributed by atoms with van der Waals surface area (Å²) in [7, 11) is 0. The number of rotatable bonds is 0. The van der Waals surface area contributed by atoms with Gasteiger partial charge in [-0.1, -0.05) is 6.42 Å². The average Bonchev–Trinajstić information content (AvgIpc) is 2.67. The molecule has 3 aliphatic rings. The lowest BCUT2D eigenvalue weighted by Crippen LogP contribution is -2.60. The van der Waals surface area contributed by atoms with Gasteiger partial charge in [0.1, 0.15) is 5.60 Å². The highest BCUT2D eigenvalue weighted by molar-refractivity contribution is 5.70. The van der Waals surface area contributed by atoms with Crippen LogP contribution in [0.4, 0.5) is 4.79 Å². The summed E-state index contributed by atoms with van der Waals surface area (Å²) in [5, 5.41) is 10.4. The second kappa shape index (κ2) is 4.37. The van der Waals surface area contributed by atoms with Crippen molar-refractivity contribution < 1.29 is 14.6 Å². The molecule has 4 bridgehead atoms. The Morgan fingerprint density at radius 1 is 1.11 bits per heavy atom. The van der Waals surface area contributed by atoms with Gasteiger partial charge in [0.2, 0.25) is 0 Å². The minimum Gasteiger partial charge on any atom is -0.444 e. The van der Waals surface area contributed by atoms with Crippen LogP contribution >= 0.6 is 0 Å². The van der Waals surface area contributed by atoms with Crippen LogP contribution in [0.15, 0.2) is 0 Å². The molecule has 4 nitrogen and oxygen atoms in total. The second-order valence-corrected chi connectivity index (χ2v) is 7.35. The number of carbonyl (C=O) groups excluding carboxylic acids is 1. The van der Waals surface area contributed by atoms with E-state index in [1.54, 1.807) is 0 Å². The predicted octanol–water partition coefficient (Wildman–Crippen LogP) is 2.55. The molecule has 0 aromatic heterocycles. The molecule has 1 N–H and O–H groups in total. The first-order valence-corrected chi connectivity index (χ1v) is 7.58. The maximum atomic E-state index is 12.4. The van der Waals surface area contributed by atoms with Crippen LogP contribution < -0.4 is 0 Å². The van der Waals surface area contributed by atoms with Crippen molar-refractivity contribution in [2.75, 3.05) is 0 Å². The Kier molecular flexibility index (Phi) is 3.04. The molecule has 2 heterocycles. The number of carbonyl (C=O) groups is 1. The SMILES string of the molecule is CC(C)(C)OC(=O)N1[C@@H]2CC[C@H]1[C@@H]1CCC[C@H]2C1O. The van der Waals surface area contributed by atoms with Gasteiger partial charge in [0, 0.05) is 23.9 Å². The number of hydrogen-bond donors (Lipinski definition) is 1. The van der Waals surface area contributed by atoms with Gasteiger partial charge < -0.3 is 14.7 Å². The van der Waals surface area contributed by atoms with E-state index in [0.717, 1.165) is 25.7 Å². The summed E-state index contributed by atoms with van der Waals surface area (Å²) in [5.41, 5.74) is -0.443. The summed E-state index contributed by atoms with van der Waals surface area (Å²) < 4.78 is 5.56. The molecule has 1 saturated carbocycles. The maximum absolute atomic E-state index is 12.4. The molecule has 1 unspecified atom stereocenters. The maximum Gasteiger partial charge on any atom is 0.410 e. The van der Waals surface area contributed by atoms with E-state index in [4.69, 9.17) is 4.74 Å². The summed E-state index contributed by atoms with van der Waals surface area (Å²) in [6.07, 6.45) is 4.97. The van der Waals surface area contributed by atoms with Gasteiger partial charge in [-0.15, -0.1) is 0 Å². The number of piperidine rings is 1. The van der Waals surface area contributed by atoms with E-state index in [1.807, 2.05) is 25.7 Å². The molecule has 5 atom stereocenters. The van der Waals surface area contributed by atoms with E-state index in [-0.39, 0.29) is 36.1 Å². The highest BCUT2D eigenvalue weighted by Gasteiger charge is 2.55. The van der Waals surface area contributed by atoms with E-state index in [1.165, 1.54) is 6.42 Å². The number of ether oxygens (including phenoxy) is 1. The molecule has 4 heteroatoms. The van der Waals surface area contributed by atoms with Gasteiger partial charge in [0.25, 0.3) is 0 Å². The molecule has 3 fully saturated rings. The first kappa shape index (κ1) is 13.2. The van der Waals surface area contributed by atoms with E-state index < -0.39 is 5.60 Å². The van der Waals surface area contributed by atoms with Crippen LogP contribution in [0.25, 0.3) is 0 Å². The van der Waals surface area contributed by atoms with Gasteiger partial charge in [-0.05, 0) is 46.5 Å². The smallest absolute Gasteiger partial charge is 0.410 e. The van der Waals surface area contributed by atoms with E-state index in [9.17, 15) is 9.90 Å². The molecular weight excluding hydrogens is 242 g/mol. The Bertz CT molecular complexity index is 356. The second-order valence-electron chi connectivity index (χ2n) is 7.35. The van der Waals surface area contributed by atoms with Crippen LogP contribution in [0.2, 0.25) is 0 Å². The summed E-state index contributed by atoms with van der Waals surface area (Å²) in [5.74, 6) is 0.537. The third-order valence-corrected chi connectivity index (χ3v) is 5.02. The fourth-order valence-corrected chi connectivity index (χ4v) is 4.38. The summed E-state index contributed by atoms with van der Waals surface area (Å²) >= 11 is 0. The molecule has 0 radical (unpaired) electrons. The molecule has 19 heavy (non-hydrogen) atoms. The van der Waals surface area contributed by atoms with Crippen molar-refractivity contribution in [3.63, 3.8) is 0 Å². The van der Waals surface area contributed by atoms with Crippen LogP contribution in [0.1, 0.15) is 52.9 Å². The van der Waals surface area contributed by atoms with Crippen molar-refractivity contribution >= 4 is 6.09 Å². The molecule has 1 amide bonds. The zero-order valence-corrected chi connectivity index (χ0v) is 12.1. The first-order valence-electron chi connectivity index (χ1n) is 7.58. The van der Waals surface area contributed by atoms with E-state index in [0.29, 0.717) is 0 Å². The number of aliphatic hydroxyl groups is 1. The number of nitrogens with zero attached hydrogens (tertiary/aromatic N) is 1. The Hall–Kier alpha value is -0.770. The van der Waals surface area contributed by atoms with Gasteiger partial charge in [-0.3, -0.25) is 0 Å². The lowest BCUT2D eigenvalue weighted by Gasteiger charge is -2.50. The van der Waals surface area contributed by atoms with E-state index in [2.05, 4.69) is 0 Å².